The van der Waals surface area contributed by atoms with Gasteiger partial charge < -0.3 is 0 Å². The number of halogens is 2. The molecule has 1 aromatic heterocycles. The van der Waals surface area contributed by atoms with E-state index >= 15 is 0 Å². The van der Waals surface area contributed by atoms with Gasteiger partial charge in [-0.05, 0) is 60.8 Å². The van der Waals surface area contributed by atoms with Crippen LogP contribution in [0, 0.1) is 11.6 Å². The highest BCUT2D eigenvalue weighted by molar-refractivity contribution is 7.90. The minimum Gasteiger partial charge on any atom is -0.299 e. The van der Waals surface area contributed by atoms with Gasteiger partial charge in [0.05, 0.1) is 0 Å². The van der Waals surface area contributed by atoms with Crippen molar-refractivity contribution in [3.8, 4) is 11.4 Å². The molecule has 0 radical (unpaired) electrons. The van der Waals surface area contributed by atoms with Crippen molar-refractivity contribution < 1.29 is 17.2 Å². The molecule has 160 valence electrons. The maximum absolute atomic E-state index is 14.1. The molecule has 6 rings (SSSR count). The summed E-state index contributed by atoms with van der Waals surface area (Å²) < 4.78 is 51.0. The summed E-state index contributed by atoms with van der Waals surface area (Å²) >= 11 is 0. The lowest BCUT2D eigenvalue weighted by Crippen LogP contribution is -2.39. The lowest BCUT2D eigenvalue weighted by atomic mass is 9.68. The van der Waals surface area contributed by atoms with Gasteiger partial charge in [0.25, 0.3) is 0 Å². The molecule has 3 aliphatic rings. The van der Waals surface area contributed by atoms with Crippen LogP contribution in [-0.4, -0.2) is 42.6 Å². The van der Waals surface area contributed by atoms with E-state index in [4.69, 9.17) is 0 Å². The maximum atomic E-state index is 14.1. The molecule has 31 heavy (non-hydrogen) atoms. The molecular weight excluding hydrogens is 420 g/mol. The van der Waals surface area contributed by atoms with Crippen molar-refractivity contribution in [2.24, 2.45) is 0 Å². The monoisotopic (exact) mass is 441 g/mol. The topological polar surface area (TPSA) is 63.2 Å². The molecule has 5 nitrogen and oxygen atoms in total. The van der Waals surface area contributed by atoms with Gasteiger partial charge in [-0.1, -0.05) is 18.2 Å². The second-order valence-corrected chi connectivity index (χ2v) is 10.4. The fraction of sp³-hybridized carbons (Fsp3) is 0.304. The zero-order valence-electron chi connectivity index (χ0n) is 17.0. The predicted octanol–water partition coefficient (Wildman–Crippen LogP) is 3.72. The van der Waals surface area contributed by atoms with E-state index in [1.807, 2.05) is 18.2 Å². The van der Waals surface area contributed by atoms with E-state index in [9.17, 15) is 17.2 Å². The van der Waals surface area contributed by atoms with Gasteiger partial charge in [0.1, 0.15) is 4.90 Å². The molecule has 0 unspecified atom stereocenters. The molecule has 0 N–H and O–H groups in total. The molecule has 3 aliphatic heterocycles. The third-order valence-corrected chi connectivity index (χ3v) is 7.58. The largest absolute Gasteiger partial charge is 0.299 e. The van der Waals surface area contributed by atoms with Crippen LogP contribution in [0.15, 0.2) is 53.7 Å². The highest BCUT2D eigenvalue weighted by atomic mass is 32.2. The van der Waals surface area contributed by atoms with Gasteiger partial charge >= 0.3 is 0 Å². The van der Waals surface area contributed by atoms with E-state index < -0.39 is 21.5 Å². The molecule has 2 aromatic carbocycles. The molecule has 8 heteroatoms. The molecule has 0 saturated carbocycles. The average Bonchev–Trinajstić information content (AvgIpc) is 3.01. The van der Waals surface area contributed by atoms with Crippen molar-refractivity contribution in [1.82, 2.24) is 14.9 Å². The molecule has 4 heterocycles. The third-order valence-electron chi connectivity index (χ3n) is 6.51. The molecule has 0 amide bonds. The Morgan fingerprint density at radius 1 is 0.968 bits per heavy atom. The van der Waals surface area contributed by atoms with E-state index in [-0.39, 0.29) is 10.3 Å². The van der Waals surface area contributed by atoms with Crippen LogP contribution in [0.5, 0.6) is 0 Å². The number of nitrogens with zero attached hydrogens (tertiary/aromatic N) is 3. The summed E-state index contributed by atoms with van der Waals surface area (Å²) in [6, 6.07) is 10.2. The first-order valence-corrected chi connectivity index (χ1v) is 12.0. The normalized spacial score (nSPS) is 22.7. The van der Waals surface area contributed by atoms with Gasteiger partial charge in [0, 0.05) is 36.2 Å². The number of fused-ring (bicyclic) bond motifs is 2. The summed E-state index contributed by atoms with van der Waals surface area (Å²) in [6.07, 6.45) is 5.43. The van der Waals surface area contributed by atoms with Crippen LogP contribution >= 0.6 is 0 Å². The van der Waals surface area contributed by atoms with Crippen LogP contribution in [0.1, 0.15) is 29.5 Å². The van der Waals surface area contributed by atoms with Crippen molar-refractivity contribution in [2.75, 3.05) is 19.3 Å². The van der Waals surface area contributed by atoms with Gasteiger partial charge in [0.2, 0.25) is 0 Å². The predicted molar refractivity (Wildman–Crippen MR) is 112 cm³/mol. The van der Waals surface area contributed by atoms with Crippen molar-refractivity contribution >= 4 is 9.84 Å². The van der Waals surface area contributed by atoms with Crippen LogP contribution in [-0.2, 0) is 21.8 Å². The number of benzene rings is 2. The quantitative estimate of drug-likeness (QED) is 0.620. The van der Waals surface area contributed by atoms with Crippen molar-refractivity contribution in [2.45, 2.75) is 29.7 Å². The fourth-order valence-electron chi connectivity index (χ4n) is 4.83. The van der Waals surface area contributed by atoms with Crippen LogP contribution in [0.4, 0.5) is 8.78 Å². The molecule has 0 atom stereocenters. The van der Waals surface area contributed by atoms with Crippen molar-refractivity contribution in [1.29, 1.82) is 0 Å². The first kappa shape index (κ1) is 20.2. The highest BCUT2D eigenvalue weighted by Gasteiger charge is 2.42. The summed E-state index contributed by atoms with van der Waals surface area (Å²) in [7, 11) is -3.36. The number of hydrogen-bond donors (Lipinski definition) is 0. The third kappa shape index (κ3) is 3.43. The smallest absolute Gasteiger partial charge is 0.178 e. The number of sulfone groups is 1. The Balaban J connectivity index is 1.60. The summed E-state index contributed by atoms with van der Waals surface area (Å²) in [5, 5.41) is 0. The zero-order valence-corrected chi connectivity index (χ0v) is 17.8. The van der Waals surface area contributed by atoms with E-state index in [1.165, 1.54) is 24.5 Å². The maximum Gasteiger partial charge on any atom is 0.178 e. The minimum absolute atomic E-state index is 0.0763. The fourth-order valence-corrected chi connectivity index (χ4v) is 5.32. The van der Waals surface area contributed by atoms with Gasteiger partial charge in [-0.2, -0.15) is 0 Å². The first-order chi connectivity index (χ1) is 14.8. The van der Waals surface area contributed by atoms with Crippen LogP contribution in [0.2, 0.25) is 0 Å². The number of piperidine rings is 1. The number of aromatic nitrogens is 2. The molecule has 1 saturated heterocycles. The Bertz CT molecular complexity index is 1270. The number of rotatable bonds is 3. The summed E-state index contributed by atoms with van der Waals surface area (Å²) in [5.74, 6) is -1.21. The average molecular weight is 442 g/mol. The zero-order chi connectivity index (χ0) is 21.8. The highest BCUT2D eigenvalue weighted by Crippen LogP contribution is 2.47. The second kappa shape index (κ2) is 7.17. The Morgan fingerprint density at radius 3 is 2.32 bits per heavy atom. The van der Waals surface area contributed by atoms with Gasteiger partial charge in [-0.15, -0.1) is 0 Å². The second-order valence-electron chi connectivity index (χ2n) is 8.37. The van der Waals surface area contributed by atoms with Gasteiger partial charge in [-0.25, -0.2) is 27.2 Å². The molecule has 0 spiro atoms. The Kier molecular flexibility index (Phi) is 4.67. The lowest BCUT2D eigenvalue weighted by Gasteiger charge is -2.39. The number of hydrogen-bond acceptors (Lipinski definition) is 5. The van der Waals surface area contributed by atoms with E-state index in [1.54, 1.807) is 6.07 Å². The molecule has 1 fully saturated rings. The van der Waals surface area contributed by atoms with E-state index in [2.05, 4.69) is 14.9 Å². The molecule has 2 bridgehead atoms. The van der Waals surface area contributed by atoms with E-state index in [0.717, 1.165) is 61.0 Å². The standard InChI is InChI=1S/C23H21F2N3O2S/c1-31(29,30)18-12-26-22(27-13-18)15-2-4-19-16(10-15)14-28-8-6-23(19,7-9-28)17-3-5-20(24)21(25)11-17/h2-5,10-13H,6-9,14H2,1H3. The van der Waals surface area contributed by atoms with Gasteiger partial charge in [0.15, 0.2) is 27.3 Å². The van der Waals surface area contributed by atoms with Crippen LogP contribution in [0.3, 0.4) is 0 Å². The summed E-state index contributed by atoms with van der Waals surface area (Å²) in [5.41, 5.74) is 3.46. The Labute approximate surface area is 179 Å². The Morgan fingerprint density at radius 2 is 1.68 bits per heavy atom. The first-order valence-electron chi connectivity index (χ1n) is 10.1. The molecular formula is C23H21F2N3O2S. The Hall–Kier alpha value is -2.71. The lowest BCUT2D eigenvalue weighted by molar-refractivity contribution is 0.190. The van der Waals surface area contributed by atoms with Crippen LogP contribution in [0.25, 0.3) is 11.4 Å². The SMILES string of the molecule is CS(=O)(=O)c1cnc(-c2ccc3c(c2)CN2CCC3(c3ccc(F)c(F)c3)CC2)nc1. The molecule has 3 aromatic rings. The van der Waals surface area contributed by atoms with Crippen molar-refractivity contribution in [3.05, 3.63) is 77.1 Å². The molecule has 0 aliphatic carbocycles. The van der Waals surface area contributed by atoms with E-state index in [0.29, 0.717) is 5.82 Å². The summed E-state index contributed by atoms with van der Waals surface area (Å²) in [4.78, 5) is 10.9. The summed E-state index contributed by atoms with van der Waals surface area (Å²) in [6.45, 7) is 2.52. The van der Waals surface area contributed by atoms with Crippen molar-refractivity contribution in [3.63, 3.8) is 0 Å². The van der Waals surface area contributed by atoms with Gasteiger partial charge in [-0.3, -0.25) is 4.90 Å². The minimum atomic E-state index is -3.36. The van der Waals surface area contributed by atoms with Crippen LogP contribution < -0.4 is 0 Å².